The van der Waals surface area contributed by atoms with Crippen LogP contribution in [-0.2, 0) is 4.74 Å². The number of nitrogens with two attached hydrogens (primary N) is 2. The van der Waals surface area contributed by atoms with Gasteiger partial charge in [-0.15, -0.1) is 0 Å². The predicted molar refractivity (Wildman–Crippen MR) is 77.5 cm³/mol. The first-order chi connectivity index (χ1) is 9.60. The molecule has 110 valence electrons. The molecule has 1 amide bonds. The van der Waals surface area contributed by atoms with Crippen LogP contribution in [0.3, 0.4) is 0 Å². The molecule has 0 spiro atoms. The lowest BCUT2D eigenvalue weighted by molar-refractivity contribution is -0.0192. The Hall–Kier alpha value is -1.86. The smallest absolute Gasteiger partial charge is 0.252 e. The number of likely N-dealkylation sites (N-methyl/N-ethyl adjacent to an activating group) is 1. The summed E-state index contributed by atoms with van der Waals surface area (Å²) in [5.41, 5.74) is 11.6. The van der Waals surface area contributed by atoms with Crippen LogP contribution >= 0.6 is 0 Å². The number of primary amides is 1. The van der Waals surface area contributed by atoms with Crippen molar-refractivity contribution in [2.24, 2.45) is 5.73 Å². The number of amides is 1. The number of ether oxygens (including phenoxy) is 1. The molecule has 1 aromatic rings. The van der Waals surface area contributed by atoms with Crippen molar-refractivity contribution in [1.82, 2.24) is 9.88 Å². The van der Waals surface area contributed by atoms with Crippen LogP contribution < -0.4 is 16.8 Å². The van der Waals surface area contributed by atoms with Gasteiger partial charge in [-0.25, -0.2) is 4.98 Å². The molecule has 2 heterocycles. The predicted octanol–water partition coefficient (Wildman–Crippen LogP) is -0.105. The van der Waals surface area contributed by atoms with Gasteiger partial charge < -0.3 is 21.5 Å². The van der Waals surface area contributed by atoms with E-state index in [0.717, 1.165) is 26.2 Å². The average molecular weight is 279 g/mol. The molecular weight excluding hydrogens is 258 g/mol. The molecule has 1 aromatic heterocycles. The first-order valence-electron chi connectivity index (χ1n) is 6.73. The Kier molecular flexibility index (Phi) is 4.75. The molecule has 2 rings (SSSR count). The van der Waals surface area contributed by atoms with Crippen LogP contribution in [0.5, 0.6) is 0 Å². The second-order valence-corrected chi connectivity index (χ2v) is 4.80. The summed E-state index contributed by atoms with van der Waals surface area (Å²) >= 11 is 0. The summed E-state index contributed by atoms with van der Waals surface area (Å²) in [6, 6.07) is 1.53. The maximum atomic E-state index is 11.4. The van der Waals surface area contributed by atoms with Crippen molar-refractivity contribution in [2.45, 2.75) is 13.0 Å². The summed E-state index contributed by atoms with van der Waals surface area (Å²) in [4.78, 5) is 17.8. The molecule has 1 saturated heterocycles. The normalized spacial score (nSPS) is 19.8. The molecule has 7 heteroatoms. The van der Waals surface area contributed by atoms with Crippen LogP contribution in [0, 0.1) is 0 Å². The van der Waals surface area contributed by atoms with E-state index in [2.05, 4.69) is 22.1 Å². The molecule has 0 radical (unpaired) electrons. The molecule has 1 aliphatic heterocycles. The molecule has 0 saturated carbocycles. The molecular formula is C13H21N5O2. The number of carbonyl (C=O) groups excluding carboxylic acids is 1. The fourth-order valence-corrected chi connectivity index (χ4v) is 2.21. The van der Waals surface area contributed by atoms with Crippen LogP contribution in [0.1, 0.15) is 17.3 Å². The zero-order valence-electron chi connectivity index (χ0n) is 11.6. The van der Waals surface area contributed by atoms with E-state index in [-0.39, 0.29) is 6.10 Å². The SMILES string of the molecule is CCN1CCOC(CNc2ncc(N)cc2C(N)=O)C1. The summed E-state index contributed by atoms with van der Waals surface area (Å²) in [5, 5.41) is 3.12. The fraction of sp³-hybridized carbons (Fsp3) is 0.538. The van der Waals surface area contributed by atoms with Crippen LogP contribution in [-0.4, -0.2) is 54.7 Å². The lowest BCUT2D eigenvalue weighted by Gasteiger charge is -2.32. The summed E-state index contributed by atoms with van der Waals surface area (Å²) < 4.78 is 5.68. The van der Waals surface area contributed by atoms with E-state index < -0.39 is 5.91 Å². The first kappa shape index (κ1) is 14.5. The third kappa shape index (κ3) is 3.58. The number of pyridine rings is 1. The number of nitrogen functional groups attached to an aromatic ring is 1. The van der Waals surface area contributed by atoms with Gasteiger partial charge in [-0.05, 0) is 12.6 Å². The number of carbonyl (C=O) groups is 1. The number of rotatable bonds is 5. The largest absolute Gasteiger partial charge is 0.397 e. The van der Waals surface area contributed by atoms with Crippen LogP contribution in [0.2, 0.25) is 0 Å². The molecule has 1 unspecified atom stereocenters. The highest BCUT2D eigenvalue weighted by Gasteiger charge is 2.20. The summed E-state index contributed by atoms with van der Waals surface area (Å²) in [6.45, 7) is 6.25. The van der Waals surface area contributed by atoms with Crippen molar-refractivity contribution in [2.75, 3.05) is 43.8 Å². The van der Waals surface area contributed by atoms with Gasteiger partial charge in [0.1, 0.15) is 5.82 Å². The third-order valence-corrected chi connectivity index (χ3v) is 3.34. The molecule has 1 aliphatic rings. The molecule has 5 N–H and O–H groups in total. The van der Waals surface area contributed by atoms with E-state index in [1.807, 2.05) is 0 Å². The number of nitrogens with zero attached hydrogens (tertiary/aromatic N) is 2. The quantitative estimate of drug-likeness (QED) is 0.694. The fourth-order valence-electron chi connectivity index (χ4n) is 2.21. The van der Waals surface area contributed by atoms with E-state index in [4.69, 9.17) is 16.2 Å². The summed E-state index contributed by atoms with van der Waals surface area (Å²) in [7, 11) is 0. The molecule has 1 atom stereocenters. The van der Waals surface area contributed by atoms with Crippen LogP contribution in [0.25, 0.3) is 0 Å². The van der Waals surface area contributed by atoms with Gasteiger partial charge in [-0.1, -0.05) is 6.92 Å². The second kappa shape index (κ2) is 6.53. The Balaban J connectivity index is 1.98. The molecule has 0 aromatic carbocycles. The number of hydrogen-bond donors (Lipinski definition) is 3. The molecule has 7 nitrogen and oxygen atoms in total. The lowest BCUT2D eigenvalue weighted by atomic mass is 10.2. The van der Waals surface area contributed by atoms with Crippen LogP contribution in [0.15, 0.2) is 12.3 Å². The molecule has 0 aliphatic carbocycles. The molecule has 0 bridgehead atoms. The number of aromatic nitrogens is 1. The Morgan fingerprint density at radius 1 is 1.65 bits per heavy atom. The minimum Gasteiger partial charge on any atom is -0.397 e. The number of nitrogens with one attached hydrogen (secondary N) is 1. The number of hydrogen-bond acceptors (Lipinski definition) is 6. The van der Waals surface area contributed by atoms with E-state index in [1.165, 1.54) is 12.3 Å². The van der Waals surface area contributed by atoms with Crippen molar-refractivity contribution >= 4 is 17.4 Å². The first-order valence-corrected chi connectivity index (χ1v) is 6.73. The maximum Gasteiger partial charge on any atom is 0.252 e. The van der Waals surface area contributed by atoms with E-state index in [9.17, 15) is 4.79 Å². The monoisotopic (exact) mass is 279 g/mol. The van der Waals surface area contributed by atoms with Gasteiger partial charge in [0.25, 0.3) is 5.91 Å². The minimum atomic E-state index is -0.549. The number of anilines is 2. The van der Waals surface area contributed by atoms with E-state index in [1.54, 1.807) is 0 Å². The van der Waals surface area contributed by atoms with Crippen molar-refractivity contribution in [1.29, 1.82) is 0 Å². The maximum absolute atomic E-state index is 11.4. The average Bonchev–Trinajstić information content (AvgIpc) is 2.46. The van der Waals surface area contributed by atoms with E-state index in [0.29, 0.717) is 23.6 Å². The van der Waals surface area contributed by atoms with Gasteiger partial charge in [-0.3, -0.25) is 9.69 Å². The highest BCUT2D eigenvalue weighted by molar-refractivity contribution is 5.98. The topological polar surface area (TPSA) is 106 Å². The Morgan fingerprint density at radius 3 is 3.15 bits per heavy atom. The Morgan fingerprint density at radius 2 is 2.45 bits per heavy atom. The second-order valence-electron chi connectivity index (χ2n) is 4.80. The zero-order chi connectivity index (χ0) is 14.5. The van der Waals surface area contributed by atoms with Crippen molar-refractivity contribution in [3.05, 3.63) is 17.8 Å². The van der Waals surface area contributed by atoms with Gasteiger partial charge >= 0.3 is 0 Å². The highest BCUT2D eigenvalue weighted by atomic mass is 16.5. The summed E-state index contributed by atoms with van der Waals surface area (Å²) in [6.07, 6.45) is 1.57. The van der Waals surface area contributed by atoms with Crippen molar-refractivity contribution in [3.63, 3.8) is 0 Å². The third-order valence-electron chi connectivity index (χ3n) is 3.34. The Bertz CT molecular complexity index is 480. The van der Waals surface area contributed by atoms with Gasteiger partial charge in [0.05, 0.1) is 30.2 Å². The van der Waals surface area contributed by atoms with Gasteiger partial charge in [0, 0.05) is 19.6 Å². The van der Waals surface area contributed by atoms with Crippen LogP contribution in [0.4, 0.5) is 11.5 Å². The van der Waals surface area contributed by atoms with Gasteiger partial charge in [-0.2, -0.15) is 0 Å². The lowest BCUT2D eigenvalue weighted by Crippen LogP contribution is -2.45. The van der Waals surface area contributed by atoms with Crippen molar-refractivity contribution < 1.29 is 9.53 Å². The van der Waals surface area contributed by atoms with Gasteiger partial charge in [0.2, 0.25) is 0 Å². The molecule has 1 fully saturated rings. The Labute approximate surface area is 118 Å². The molecule has 20 heavy (non-hydrogen) atoms. The zero-order valence-corrected chi connectivity index (χ0v) is 11.6. The van der Waals surface area contributed by atoms with Crippen molar-refractivity contribution in [3.8, 4) is 0 Å². The van der Waals surface area contributed by atoms with E-state index >= 15 is 0 Å². The van der Waals surface area contributed by atoms with Gasteiger partial charge in [0.15, 0.2) is 0 Å². The highest BCUT2D eigenvalue weighted by Crippen LogP contribution is 2.15. The number of morpholine rings is 1. The minimum absolute atomic E-state index is 0.0729. The standard InChI is InChI=1S/C13H21N5O2/c1-2-18-3-4-20-10(8-18)7-17-13-11(12(15)19)5-9(14)6-16-13/h5-6,10H,2-4,7-8,14H2,1H3,(H2,15,19)(H,16,17). The summed E-state index contributed by atoms with van der Waals surface area (Å²) in [5.74, 6) is -0.101.